The molecule has 0 saturated carbocycles. The Morgan fingerprint density at radius 1 is 0.862 bits per heavy atom. The molecule has 5 nitrogen and oxygen atoms in total. The van der Waals surface area contributed by atoms with Crippen molar-refractivity contribution >= 4 is 48.1 Å². The summed E-state index contributed by atoms with van der Waals surface area (Å²) >= 11 is 0. The molecule has 6 heteroatoms. The molecule has 0 N–H and O–H groups in total. The van der Waals surface area contributed by atoms with E-state index >= 15 is 0 Å². The first-order chi connectivity index (χ1) is 14.0. The van der Waals surface area contributed by atoms with Gasteiger partial charge in [0.05, 0.1) is 17.1 Å². The third-order valence-electron chi connectivity index (χ3n) is 5.83. The van der Waals surface area contributed by atoms with E-state index < -0.39 is 9.84 Å². The minimum Gasteiger partial charge on any atom is -0.461 e. The molecule has 0 spiro atoms. The van der Waals surface area contributed by atoms with Gasteiger partial charge in [0.1, 0.15) is 6.61 Å². The van der Waals surface area contributed by atoms with Crippen molar-refractivity contribution in [1.82, 2.24) is 4.90 Å². The smallest absolute Gasteiger partial charge is 0.338 e. The van der Waals surface area contributed by atoms with E-state index in [2.05, 4.69) is 30.3 Å². The third-order valence-corrected chi connectivity index (χ3v) is 7.44. The summed E-state index contributed by atoms with van der Waals surface area (Å²) in [5, 5.41) is 6.59. The van der Waals surface area contributed by atoms with Crippen LogP contribution in [0.25, 0.3) is 32.3 Å². The molecule has 5 rings (SSSR count). The standard InChI is InChI=1S/C23H21NO4S/c25-23(28-13-10-24-11-14-29(26,27)15-12-24)20-9-7-18-5-4-16-2-1-3-17-6-8-19(20)22(18)21(16)17/h1-9H,10-15H2. The first-order valence-corrected chi connectivity index (χ1v) is 11.6. The number of ether oxygens (including phenoxy) is 1. The predicted molar refractivity (Wildman–Crippen MR) is 116 cm³/mol. The van der Waals surface area contributed by atoms with Crippen LogP contribution in [0.2, 0.25) is 0 Å². The van der Waals surface area contributed by atoms with E-state index in [1.54, 1.807) is 0 Å². The molecular weight excluding hydrogens is 386 g/mol. The first-order valence-electron chi connectivity index (χ1n) is 9.78. The summed E-state index contributed by atoms with van der Waals surface area (Å²) in [6.07, 6.45) is 0. The van der Waals surface area contributed by atoms with E-state index in [9.17, 15) is 13.2 Å². The Labute approximate surface area is 169 Å². The molecule has 0 bridgehead atoms. The van der Waals surface area contributed by atoms with Crippen LogP contribution in [0, 0.1) is 0 Å². The number of hydrogen-bond donors (Lipinski definition) is 0. The van der Waals surface area contributed by atoms with Gasteiger partial charge in [0.2, 0.25) is 0 Å². The van der Waals surface area contributed by atoms with Crippen molar-refractivity contribution in [3.63, 3.8) is 0 Å². The van der Waals surface area contributed by atoms with Crippen molar-refractivity contribution in [3.05, 3.63) is 60.2 Å². The lowest BCUT2D eigenvalue weighted by Gasteiger charge is -2.26. The number of carbonyl (C=O) groups excluding carboxylic acids is 1. The Balaban J connectivity index is 1.39. The molecule has 0 atom stereocenters. The second kappa shape index (κ2) is 6.97. The molecule has 1 aliphatic rings. The van der Waals surface area contributed by atoms with Crippen LogP contribution in [-0.2, 0) is 14.6 Å². The fraction of sp³-hybridized carbons (Fsp3) is 0.261. The Morgan fingerprint density at radius 3 is 2.21 bits per heavy atom. The van der Waals surface area contributed by atoms with Gasteiger partial charge in [0.25, 0.3) is 0 Å². The van der Waals surface area contributed by atoms with Crippen LogP contribution < -0.4 is 0 Å². The van der Waals surface area contributed by atoms with Gasteiger partial charge in [-0.05, 0) is 38.4 Å². The fourth-order valence-electron chi connectivity index (χ4n) is 4.23. The van der Waals surface area contributed by atoms with Crippen LogP contribution in [0.15, 0.2) is 54.6 Å². The summed E-state index contributed by atoms with van der Waals surface area (Å²) in [6, 6.07) is 18.3. The average Bonchev–Trinajstić information content (AvgIpc) is 2.73. The molecule has 1 saturated heterocycles. The predicted octanol–water partition coefficient (Wildman–Crippen LogP) is 3.47. The zero-order valence-electron chi connectivity index (χ0n) is 15.9. The normalized spacial score (nSPS) is 17.2. The van der Waals surface area contributed by atoms with Gasteiger partial charge in [0, 0.05) is 19.6 Å². The van der Waals surface area contributed by atoms with E-state index in [0.29, 0.717) is 25.2 Å². The maximum atomic E-state index is 12.8. The van der Waals surface area contributed by atoms with E-state index in [0.717, 1.165) is 26.9 Å². The van der Waals surface area contributed by atoms with Gasteiger partial charge in [-0.3, -0.25) is 4.90 Å². The largest absolute Gasteiger partial charge is 0.461 e. The number of rotatable bonds is 4. The van der Waals surface area contributed by atoms with Gasteiger partial charge in [-0.1, -0.05) is 48.5 Å². The molecule has 148 valence electrons. The van der Waals surface area contributed by atoms with Crippen molar-refractivity contribution < 1.29 is 17.9 Å². The molecule has 1 heterocycles. The summed E-state index contributed by atoms with van der Waals surface area (Å²) < 4.78 is 28.6. The van der Waals surface area contributed by atoms with E-state index in [1.165, 1.54) is 5.39 Å². The van der Waals surface area contributed by atoms with Crippen molar-refractivity contribution in [1.29, 1.82) is 0 Å². The molecule has 0 aromatic heterocycles. The Morgan fingerprint density at radius 2 is 1.48 bits per heavy atom. The maximum Gasteiger partial charge on any atom is 0.338 e. The van der Waals surface area contributed by atoms with Gasteiger partial charge < -0.3 is 4.74 Å². The minimum atomic E-state index is -2.90. The number of esters is 1. The third kappa shape index (κ3) is 3.32. The molecule has 1 aliphatic heterocycles. The number of nitrogens with zero attached hydrogens (tertiary/aromatic N) is 1. The van der Waals surface area contributed by atoms with Gasteiger partial charge in [0.15, 0.2) is 9.84 Å². The van der Waals surface area contributed by atoms with Gasteiger partial charge in [-0.2, -0.15) is 0 Å². The summed E-state index contributed by atoms with van der Waals surface area (Å²) in [7, 11) is -2.90. The highest BCUT2D eigenvalue weighted by Gasteiger charge is 2.22. The summed E-state index contributed by atoms with van der Waals surface area (Å²) in [5.74, 6) is 0.0129. The monoisotopic (exact) mass is 407 g/mol. The fourth-order valence-corrected chi connectivity index (χ4v) is 5.51. The Bertz CT molecular complexity index is 1300. The van der Waals surface area contributed by atoms with E-state index in [-0.39, 0.29) is 24.1 Å². The molecule has 0 amide bonds. The highest BCUT2D eigenvalue weighted by molar-refractivity contribution is 7.91. The Hall–Kier alpha value is -2.70. The van der Waals surface area contributed by atoms with Crippen LogP contribution in [0.1, 0.15) is 10.4 Å². The highest BCUT2D eigenvalue weighted by Crippen LogP contribution is 2.36. The second-order valence-corrected chi connectivity index (χ2v) is 9.90. The van der Waals surface area contributed by atoms with Crippen LogP contribution >= 0.6 is 0 Å². The quantitative estimate of drug-likeness (QED) is 0.383. The summed E-state index contributed by atoms with van der Waals surface area (Å²) in [6.45, 7) is 1.80. The number of benzene rings is 4. The Kier molecular flexibility index (Phi) is 4.41. The van der Waals surface area contributed by atoms with Crippen molar-refractivity contribution in [2.75, 3.05) is 37.7 Å². The minimum absolute atomic E-state index is 0.177. The number of carbonyl (C=O) groups is 1. The highest BCUT2D eigenvalue weighted by atomic mass is 32.2. The zero-order valence-corrected chi connectivity index (χ0v) is 16.7. The molecular formula is C23H21NO4S. The number of sulfone groups is 1. The van der Waals surface area contributed by atoms with E-state index in [1.807, 2.05) is 29.2 Å². The van der Waals surface area contributed by atoms with Crippen molar-refractivity contribution in [3.8, 4) is 0 Å². The lowest BCUT2D eigenvalue weighted by molar-refractivity contribution is 0.0468. The average molecular weight is 407 g/mol. The molecule has 29 heavy (non-hydrogen) atoms. The van der Waals surface area contributed by atoms with E-state index in [4.69, 9.17) is 4.74 Å². The van der Waals surface area contributed by atoms with Gasteiger partial charge in [-0.15, -0.1) is 0 Å². The SMILES string of the molecule is O=C(OCCN1CCS(=O)(=O)CC1)c1ccc2ccc3cccc4ccc1c2c34. The van der Waals surface area contributed by atoms with Gasteiger partial charge >= 0.3 is 5.97 Å². The van der Waals surface area contributed by atoms with Gasteiger partial charge in [-0.25, -0.2) is 13.2 Å². The molecule has 4 aromatic carbocycles. The summed E-state index contributed by atoms with van der Waals surface area (Å²) in [5.41, 5.74) is 0.567. The topological polar surface area (TPSA) is 63.7 Å². The molecule has 4 aromatic rings. The van der Waals surface area contributed by atoms with Crippen LogP contribution in [-0.4, -0.2) is 57.0 Å². The molecule has 0 radical (unpaired) electrons. The first kappa shape index (κ1) is 18.3. The lowest BCUT2D eigenvalue weighted by Crippen LogP contribution is -2.41. The van der Waals surface area contributed by atoms with Crippen LogP contribution in [0.3, 0.4) is 0 Å². The zero-order chi connectivity index (χ0) is 20.0. The maximum absolute atomic E-state index is 12.8. The summed E-state index contributed by atoms with van der Waals surface area (Å²) in [4.78, 5) is 14.8. The van der Waals surface area contributed by atoms with Crippen molar-refractivity contribution in [2.45, 2.75) is 0 Å². The van der Waals surface area contributed by atoms with Crippen LogP contribution in [0.5, 0.6) is 0 Å². The second-order valence-electron chi connectivity index (χ2n) is 7.60. The molecule has 0 aliphatic carbocycles. The van der Waals surface area contributed by atoms with Crippen LogP contribution in [0.4, 0.5) is 0 Å². The van der Waals surface area contributed by atoms with Crippen molar-refractivity contribution in [2.24, 2.45) is 0 Å². The molecule has 0 unspecified atom stereocenters. The lowest BCUT2D eigenvalue weighted by atomic mass is 9.92. The number of hydrogen-bond acceptors (Lipinski definition) is 5. The molecule has 1 fully saturated rings.